The molecule has 0 heterocycles. The lowest BCUT2D eigenvalue weighted by molar-refractivity contribution is 0.308. The molecule has 0 radical (unpaired) electrons. The van der Waals surface area contributed by atoms with E-state index >= 15 is 0 Å². The van der Waals surface area contributed by atoms with Crippen molar-refractivity contribution in [2.24, 2.45) is 5.92 Å². The molecule has 0 aromatic heterocycles. The third kappa shape index (κ3) is 6.00. The van der Waals surface area contributed by atoms with Crippen LogP contribution in [0.3, 0.4) is 0 Å². The molecule has 2 heteroatoms. The van der Waals surface area contributed by atoms with Crippen LogP contribution in [-0.2, 0) is 6.42 Å². The van der Waals surface area contributed by atoms with Crippen LogP contribution in [-0.4, -0.2) is 31.1 Å². The van der Waals surface area contributed by atoms with Gasteiger partial charge < -0.3 is 10.2 Å². The Kier molecular flexibility index (Phi) is 7.79. The molecule has 0 aliphatic heterocycles. The van der Waals surface area contributed by atoms with E-state index in [0.717, 1.165) is 32.0 Å². The molecule has 0 atom stereocenters. The molecule has 0 amide bonds. The van der Waals surface area contributed by atoms with Crippen molar-refractivity contribution in [3.63, 3.8) is 0 Å². The van der Waals surface area contributed by atoms with Crippen LogP contribution in [0.1, 0.15) is 57.9 Å². The van der Waals surface area contributed by atoms with E-state index in [2.05, 4.69) is 48.3 Å². The molecule has 2 nitrogen and oxygen atoms in total. The van der Waals surface area contributed by atoms with Gasteiger partial charge in [-0.1, -0.05) is 58.1 Å². The first-order valence-corrected chi connectivity index (χ1v) is 9.37. The SMILES string of the molecule is CCN(CC)CCc1ccc(NCCC2CCCCC2)cc1. The summed E-state index contributed by atoms with van der Waals surface area (Å²) in [6.45, 7) is 9.07. The molecule has 0 saturated heterocycles. The average Bonchev–Trinajstić information content (AvgIpc) is 2.58. The minimum absolute atomic E-state index is 0.967. The molecule has 0 spiro atoms. The normalized spacial score (nSPS) is 16.1. The van der Waals surface area contributed by atoms with Crippen molar-refractivity contribution >= 4 is 5.69 Å². The molecule has 22 heavy (non-hydrogen) atoms. The van der Waals surface area contributed by atoms with Crippen LogP contribution in [0.2, 0.25) is 0 Å². The van der Waals surface area contributed by atoms with Crippen LogP contribution in [0.4, 0.5) is 5.69 Å². The number of anilines is 1. The molecule has 1 aliphatic carbocycles. The standard InChI is InChI=1S/C20H34N2/c1-3-22(4-2)17-15-19-10-12-20(13-11-19)21-16-14-18-8-6-5-7-9-18/h10-13,18,21H,3-9,14-17H2,1-2H3. The van der Waals surface area contributed by atoms with Crippen LogP contribution in [0.25, 0.3) is 0 Å². The zero-order valence-corrected chi connectivity index (χ0v) is 14.6. The summed E-state index contributed by atoms with van der Waals surface area (Å²) >= 11 is 0. The smallest absolute Gasteiger partial charge is 0.0340 e. The fourth-order valence-electron chi connectivity index (χ4n) is 3.51. The molecule has 1 aromatic rings. The second-order valence-electron chi connectivity index (χ2n) is 6.69. The van der Waals surface area contributed by atoms with E-state index in [1.807, 2.05) is 0 Å². The van der Waals surface area contributed by atoms with Crippen LogP contribution >= 0.6 is 0 Å². The van der Waals surface area contributed by atoms with Crippen molar-refractivity contribution in [3.8, 4) is 0 Å². The van der Waals surface area contributed by atoms with E-state index in [4.69, 9.17) is 0 Å². The monoisotopic (exact) mass is 302 g/mol. The molecule has 0 bridgehead atoms. The zero-order valence-electron chi connectivity index (χ0n) is 14.6. The largest absolute Gasteiger partial charge is 0.385 e. The summed E-state index contributed by atoms with van der Waals surface area (Å²) in [6.07, 6.45) is 9.75. The summed E-state index contributed by atoms with van der Waals surface area (Å²) in [4.78, 5) is 2.48. The molecule has 1 N–H and O–H groups in total. The van der Waals surface area contributed by atoms with Gasteiger partial charge in [-0.25, -0.2) is 0 Å². The van der Waals surface area contributed by atoms with Gasteiger partial charge in [-0.3, -0.25) is 0 Å². The van der Waals surface area contributed by atoms with Crippen LogP contribution in [0, 0.1) is 5.92 Å². The first kappa shape index (κ1) is 17.3. The van der Waals surface area contributed by atoms with Crippen LogP contribution < -0.4 is 5.32 Å². The second-order valence-corrected chi connectivity index (χ2v) is 6.69. The number of likely N-dealkylation sites (N-methyl/N-ethyl adjacent to an activating group) is 1. The minimum atomic E-state index is 0.967. The van der Waals surface area contributed by atoms with Crippen molar-refractivity contribution in [2.45, 2.75) is 58.8 Å². The van der Waals surface area contributed by atoms with E-state index in [-0.39, 0.29) is 0 Å². The molecule has 1 fully saturated rings. The van der Waals surface area contributed by atoms with Gasteiger partial charge >= 0.3 is 0 Å². The quantitative estimate of drug-likeness (QED) is 0.694. The molecule has 1 saturated carbocycles. The molecule has 2 rings (SSSR count). The van der Waals surface area contributed by atoms with Gasteiger partial charge in [-0.15, -0.1) is 0 Å². The van der Waals surface area contributed by atoms with Gasteiger partial charge in [0.2, 0.25) is 0 Å². The molecule has 0 unspecified atom stereocenters. The molecule has 1 aromatic carbocycles. The summed E-state index contributed by atoms with van der Waals surface area (Å²) in [5.41, 5.74) is 2.73. The Morgan fingerprint density at radius 1 is 1.00 bits per heavy atom. The van der Waals surface area contributed by atoms with Crippen LogP contribution in [0.15, 0.2) is 24.3 Å². The Hall–Kier alpha value is -1.02. The Labute approximate surface area is 137 Å². The predicted molar refractivity (Wildman–Crippen MR) is 97.6 cm³/mol. The highest BCUT2D eigenvalue weighted by molar-refractivity contribution is 5.44. The fraction of sp³-hybridized carbons (Fsp3) is 0.700. The summed E-state index contributed by atoms with van der Waals surface area (Å²) in [6, 6.07) is 9.07. The number of nitrogens with zero attached hydrogens (tertiary/aromatic N) is 1. The third-order valence-corrected chi connectivity index (χ3v) is 5.17. The van der Waals surface area contributed by atoms with Gasteiger partial charge in [0, 0.05) is 18.8 Å². The molecular weight excluding hydrogens is 268 g/mol. The molecule has 1 aliphatic rings. The lowest BCUT2D eigenvalue weighted by atomic mass is 9.87. The number of benzene rings is 1. The summed E-state index contributed by atoms with van der Waals surface area (Å²) in [5, 5.41) is 3.60. The Morgan fingerprint density at radius 2 is 1.68 bits per heavy atom. The first-order valence-electron chi connectivity index (χ1n) is 9.37. The van der Waals surface area contributed by atoms with Gasteiger partial charge in [0.15, 0.2) is 0 Å². The van der Waals surface area contributed by atoms with Crippen molar-refractivity contribution < 1.29 is 0 Å². The van der Waals surface area contributed by atoms with Crippen LogP contribution in [0.5, 0.6) is 0 Å². The maximum Gasteiger partial charge on any atom is 0.0340 e. The second kappa shape index (κ2) is 9.89. The summed E-state index contributed by atoms with van der Waals surface area (Å²) < 4.78 is 0. The maximum absolute atomic E-state index is 3.60. The minimum Gasteiger partial charge on any atom is -0.385 e. The lowest BCUT2D eigenvalue weighted by Gasteiger charge is -2.21. The Bertz CT molecular complexity index is 389. The third-order valence-electron chi connectivity index (χ3n) is 5.17. The first-order chi connectivity index (χ1) is 10.8. The summed E-state index contributed by atoms with van der Waals surface area (Å²) in [7, 11) is 0. The van der Waals surface area contributed by atoms with Crippen molar-refractivity contribution in [1.29, 1.82) is 0 Å². The van der Waals surface area contributed by atoms with Gasteiger partial charge in [-0.2, -0.15) is 0 Å². The molecule has 124 valence electrons. The highest BCUT2D eigenvalue weighted by Gasteiger charge is 2.12. The molecular formula is C20H34N2. The highest BCUT2D eigenvalue weighted by atomic mass is 15.1. The zero-order chi connectivity index (χ0) is 15.6. The fourth-order valence-corrected chi connectivity index (χ4v) is 3.51. The van der Waals surface area contributed by atoms with Crippen molar-refractivity contribution in [3.05, 3.63) is 29.8 Å². The van der Waals surface area contributed by atoms with E-state index < -0.39 is 0 Å². The topological polar surface area (TPSA) is 15.3 Å². The number of rotatable bonds is 9. The Morgan fingerprint density at radius 3 is 2.32 bits per heavy atom. The van der Waals surface area contributed by atoms with Crippen molar-refractivity contribution in [2.75, 3.05) is 31.5 Å². The highest BCUT2D eigenvalue weighted by Crippen LogP contribution is 2.26. The van der Waals surface area contributed by atoms with Crippen molar-refractivity contribution in [1.82, 2.24) is 4.90 Å². The van der Waals surface area contributed by atoms with Gasteiger partial charge in [-0.05, 0) is 49.5 Å². The Balaban J connectivity index is 1.67. The van der Waals surface area contributed by atoms with E-state index in [9.17, 15) is 0 Å². The van der Waals surface area contributed by atoms with Gasteiger partial charge in [0.05, 0.1) is 0 Å². The average molecular weight is 303 g/mol. The number of hydrogen-bond donors (Lipinski definition) is 1. The summed E-state index contributed by atoms with van der Waals surface area (Å²) in [5.74, 6) is 0.967. The van der Waals surface area contributed by atoms with E-state index in [1.54, 1.807) is 0 Å². The number of nitrogens with one attached hydrogen (secondary N) is 1. The maximum atomic E-state index is 3.60. The van der Waals surface area contributed by atoms with Gasteiger partial charge in [0.25, 0.3) is 0 Å². The number of hydrogen-bond acceptors (Lipinski definition) is 2. The van der Waals surface area contributed by atoms with E-state index in [1.165, 1.54) is 56.3 Å². The lowest BCUT2D eigenvalue weighted by Crippen LogP contribution is -2.25. The van der Waals surface area contributed by atoms with E-state index in [0.29, 0.717) is 0 Å². The van der Waals surface area contributed by atoms with Gasteiger partial charge in [0.1, 0.15) is 0 Å². The predicted octanol–water partition coefficient (Wildman–Crippen LogP) is 4.95.